The zero-order valence-corrected chi connectivity index (χ0v) is 19.4. The van der Waals surface area contributed by atoms with Gasteiger partial charge < -0.3 is 4.74 Å². The first-order valence-electron chi connectivity index (χ1n) is 11.2. The maximum Gasteiger partial charge on any atom is 0.322 e. The topological polar surface area (TPSA) is 49.9 Å². The molecule has 0 saturated heterocycles. The van der Waals surface area contributed by atoms with Gasteiger partial charge in [0.1, 0.15) is 5.60 Å². The van der Waals surface area contributed by atoms with Crippen LogP contribution in [0.2, 0.25) is 0 Å². The summed E-state index contributed by atoms with van der Waals surface area (Å²) in [5, 5.41) is 3.67. The Morgan fingerprint density at radius 3 is 2.10 bits per heavy atom. The van der Waals surface area contributed by atoms with Crippen molar-refractivity contribution in [2.45, 2.75) is 59.5 Å². The molecular weight excluding hydrogens is 388 g/mol. The number of aryl methyl sites for hydroxylation is 1. The van der Waals surface area contributed by atoms with Gasteiger partial charge in [0.05, 0.1) is 5.69 Å². The normalized spacial score (nSPS) is 18.4. The molecule has 1 aliphatic carbocycles. The molecule has 0 saturated carbocycles. The van der Waals surface area contributed by atoms with Crippen LogP contribution in [0.5, 0.6) is 0 Å². The Kier molecular flexibility index (Phi) is 6.85. The van der Waals surface area contributed by atoms with Crippen LogP contribution in [0.3, 0.4) is 0 Å². The molecule has 5 heteroatoms. The van der Waals surface area contributed by atoms with E-state index in [4.69, 9.17) is 4.74 Å². The number of esters is 1. The molecule has 0 heterocycles. The molecular formula is C26H34N2O3. The van der Waals surface area contributed by atoms with Crippen molar-refractivity contribution in [3.63, 3.8) is 0 Å². The summed E-state index contributed by atoms with van der Waals surface area (Å²) < 4.78 is 5.84. The van der Waals surface area contributed by atoms with E-state index in [9.17, 15) is 9.59 Å². The van der Waals surface area contributed by atoms with Crippen LogP contribution in [0.4, 0.5) is 5.69 Å². The summed E-state index contributed by atoms with van der Waals surface area (Å²) in [6.45, 7) is 10.9. The average Bonchev–Trinajstić information content (AvgIpc) is 2.76. The van der Waals surface area contributed by atoms with Crippen LogP contribution in [-0.2, 0) is 27.2 Å². The van der Waals surface area contributed by atoms with Gasteiger partial charge >= 0.3 is 5.97 Å². The number of fused-ring (bicyclic) bond motifs is 1. The van der Waals surface area contributed by atoms with E-state index in [1.165, 1.54) is 5.56 Å². The molecule has 0 bridgehead atoms. The van der Waals surface area contributed by atoms with Crippen LogP contribution in [0.1, 0.15) is 52.2 Å². The quantitative estimate of drug-likeness (QED) is 0.381. The summed E-state index contributed by atoms with van der Waals surface area (Å²) in [7, 11) is 0. The number of anilines is 1. The fourth-order valence-corrected chi connectivity index (χ4v) is 4.24. The van der Waals surface area contributed by atoms with Gasteiger partial charge in [0.15, 0.2) is 5.41 Å². The number of hydrazine groups is 1. The Morgan fingerprint density at radius 1 is 0.935 bits per heavy atom. The van der Waals surface area contributed by atoms with Crippen LogP contribution in [0, 0.1) is 5.41 Å². The van der Waals surface area contributed by atoms with E-state index < -0.39 is 17.0 Å². The minimum Gasteiger partial charge on any atom is -0.459 e. The van der Waals surface area contributed by atoms with E-state index in [-0.39, 0.29) is 5.91 Å². The molecule has 1 unspecified atom stereocenters. The van der Waals surface area contributed by atoms with Gasteiger partial charge in [0.25, 0.3) is 5.91 Å². The van der Waals surface area contributed by atoms with Crippen molar-refractivity contribution in [3.8, 4) is 0 Å². The third-order valence-electron chi connectivity index (χ3n) is 5.84. The van der Waals surface area contributed by atoms with Gasteiger partial charge in [0, 0.05) is 13.1 Å². The second-order valence-electron chi connectivity index (χ2n) is 9.12. The fourth-order valence-electron chi connectivity index (χ4n) is 4.24. The predicted octanol–water partition coefficient (Wildman–Crippen LogP) is 4.79. The number of carbonyl (C=O) groups excluding carboxylic acids is 2. The standard InChI is InChI=1S/C26H34N2O3/c1-6-27(7-2)28(22-15-9-8-10-16-22)23(29)26(24(30)31-25(3,4)5)18-17-20-13-11-12-14-21(20)19-26/h8-16H,6-7,17-19H2,1-5H3. The highest BCUT2D eigenvalue weighted by Crippen LogP contribution is 2.40. The minimum absolute atomic E-state index is 0.217. The van der Waals surface area contributed by atoms with E-state index in [0.29, 0.717) is 32.4 Å². The number of para-hydroxylation sites is 1. The molecule has 1 amide bonds. The molecule has 0 N–H and O–H groups in total. The molecule has 2 aromatic rings. The SMILES string of the molecule is CCN(CC)N(C(=O)C1(C(=O)OC(C)(C)C)CCc2ccccc2C1)c1ccccc1. The lowest BCUT2D eigenvalue weighted by atomic mass is 9.70. The second kappa shape index (κ2) is 9.23. The van der Waals surface area contributed by atoms with Crippen molar-refractivity contribution in [2.24, 2.45) is 5.41 Å². The number of ether oxygens (including phenoxy) is 1. The third-order valence-corrected chi connectivity index (χ3v) is 5.84. The Bertz CT molecular complexity index is 916. The number of carbonyl (C=O) groups is 2. The summed E-state index contributed by atoms with van der Waals surface area (Å²) in [5.74, 6) is -0.654. The highest BCUT2D eigenvalue weighted by atomic mass is 16.6. The number of hydrogen-bond acceptors (Lipinski definition) is 4. The Morgan fingerprint density at radius 2 is 1.52 bits per heavy atom. The molecule has 2 aromatic carbocycles. The number of benzene rings is 2. The van der Waals surface area contributed by atoms with Crippen LogP contribution in [-0.4, -0.2) is 35.6 Å². The summed E-state index contributed by atoms with van der Waals surface area (Å²) >= 11 is 0. The lowest BCUT2D eigenvalue weighted by Gasteiger charge is -2.43. The van der Waals surface area contributed by atoms with Crippen LogP contribution < -0.4 is 5.01 Å². The van der Waals surface area contributed by atoms with E-state index in [0.717, 1.165) is 11.3 Å². The summed E-state index contributed by atoms with van der Waals surface area (Å²) in [4.78, 5) is 27.9. The molecule has 1 aliphatic rings. The van der Waals surface area contributed by atoms with Gasteiger partial charge in [-0.2, -0.15) is 0 Å². The molecule has 3 rings (SSSR count). The zero-order valence-electron chi connectivity index (χ0n) is 19.4. The summed E-state index contributed by atoms with van der Waals surface area (Å²) in [5.41, 5.74) is 1.07. The lowest BCUT2D eigenvalue weighted by molar-refractivity contribution is -0.172. The smallest absolute Gasteiger partial charge is 0.322 e. The van der Waals surface area contributed by atoms with Crippen LogP contribution in [0.25, 0.3) is 0 Å². The first-order valence-corrected chi connectivity index (χ1v) is 11.2. The number of nitrogens with zero attached hydrogens (tertiary/aromatic N) is 2. The van der Waals surface area contributed by atoms with E-state index >= 15 is 0 Å². The van der Waals surface area contributed by atoms with Crippen molar-refractivity contribution in [1.82, 2.24) is 5.01 Å². The Balaban J connectivity index is 2.11. The molecule has 5 nitrogen and oxygen atoms in total. The van der Waals surface area contributed by atoms with Crippen molar-refractivity contribution in [2.75, 3.05) is 18.1 Å². The highest BCUT2D eigenvalue weighted by molar-refractivity contribution is 6.10. The van der Waals surface area contributed by atoms with Gasteiger partial charge in [-0.05, 0) is 63.3 Å². The maximum absolute atomic E-state index is 14.3. The molecule has 0 radical (unpaired) electrons. The first-order chi connectivity index (χ1) is 14.7. The second-order valence-corrected chi connectivity index (χ2v) is 9.12. The van der Waals surface area contributed by atoms with Crippen LogP contribution in [0.15, 0.2) is 54.6 Å². The zero-order chi connectivity index (χ0) is 22.6. The monoisotopic (exact) mass is 422 g/mol. The predicted molar refractivity (Wildman–Crippen MR) is 124 cm³/mol. The van der Waals surface area contributed by atoms with Crippen molar-refractivity contribution < 1.29 is 14.3 Å². The van der Waals surface area contributed by atoms with Gasteiger partial charge in [-0.1, -0.05) is 56.3 Å². The molecule has 0 aromatic heterocycles. The summed E-state index contributed by atoms with van der Waals surface area (Å²) in [6, 6.07) is 17.6. The largest absolute Gasteiger partial charge is 0.459 e. The molecule has 166 valence electrons. The highest BCUT2D eigenvalue weighted by Gasteiger charge is 2.53. The van der Waals surface area contributed by atoms with Gasteiger partial charge in [0.2, 0.25) is 0 Å². The molecule has 0 aliphatic heterocycles. The molecule has 31 heavy (non-hydrogen) atoms. The van der Waals surface area contributed by atoms with E-state index in [2.05, 4.69) is 6.07 Å². The van der Waals surface area contributed by atoms with Crippen molar-refractivity contribution in [3.05, 3.63) is 65.7 Å². The lowest BCUT2D eigenvalue weighted by Crippen LogP contribution is -2.58. The average molecular weight is 423 g/mol. The Labute approximate surface area is 186 Å². The molecule has 0 spiro atoms. The molecule has 1 atom stereocenters. The Hall–Kier alpha value is -2.66. The van der Waals surface area contributed by atoms with Crippen molar-refractivity contribution in [1.29, 1.82) is 0 Å². The van der Waals surface area contributed by atoms with E-state index in [1.54, 1.807) is 5.01 Å². The molecule has 0 fully saturated rings. The van der Waals surface area contributed by atoms with Gasteiger partial charge in [-0.25, -0.2) is 10.0 Å². The van der Waals surface area contributed by atoms with Gasteiger partial charge in [-0.15, -0.1) is 0 Å². The number of rotatable bonds is 6. The maximum atomic E-state index is 14.3. The first kappa shape index (κ1) is 23.0. The van der Waals surface area contributed by atoms with Crippen molar-refractivity contribution >= 4 is 17.6 Å². The minimum atomic E-state index is -1.26. The fraction of sp³-hybridized carbons (Fsp3) is 0.462. The number of hydrogen-bond donors (Lipinski definition) is 0. The number of amides is 1. The third kappa shape index (κ3) is 4.82. The van der Waals surface area contributed by atoms with Gasteiger partial charge in [-0.3, -0.25) is 9.59 Å². The summed E-state index contributed by atoms with van der Waals surface area (Å²) in [6.07, 6.45) is 1.45. The van der Waals surface area contributed by atoms with E-state index in [1.807, 2.05) is 88.2 Å². The van der Waals surface area contributed by atoms with Crippen LogP contribution >= 0.6 is 0 Å².